The van der Waals surface area contributed by atoms with Crippen LogP contribution in [0, 0.1) is 0 Å². The van der Waals surface area contributed by atoms with Crippen molar-refractivity contribution in [1.29, 1.82) is 0 Å². The summed E-state index contributed by atoms with van der Waals surface area (Å²) in [7, 11) is 2.72. The van der Waals surface area contributed by atoms with Gasteiger partial charge in [-0.3, -0.25) is 0 Å². The third-order valence-corrected chi connectivity index (χ3v) is 3.65. The fourth-order valence-corrected chi connectivity index (χ4v) is 2.32. The largest absolute Gasteiger partial charge is 0.493 e. The molecular weight excluding hydrogens is 239 g/mol. The second kappa shape index (κ2) is 10.4. The van der Waals surface area contributed by atoms with Crippen molar-refractivity contribution in [1.82, 2.24) is 0 Å². The van der Waals surface area contributed by atoms with E-state index in [1.807, 2.05) is 18.2 Å². The predicted molar refractivity (Wildman–Crippen MR) is 83.9 cm³/mol. The van der Waals surface area contributed by atoms with Crippen LogP contribution in [0.3, 0.4) is 0 Å². The number of hydrogen-bond acceptors (Lipinski definition) is 1. The van der Waals surface area contributed by atoms with Crippen molar-refractivity contribution in [2.24, 2.45) is 0 Å². The molecule has 1 atom stereocenters. The highest BCUT2D eigenvalue weighted by molar-refractivity contribution is 7.27. The Bertz CT molecular complexity index is 312. The number of ether oxygens (including phenoxy) is 1. The minimum absolute atomic E-state index is 0.848. The van der Waals surface area contributed by atoms with Crippen molar-refractivity contribution in [2.75, 3.05) is 6.61 Å². The summed E-state index contributed by atoms with van der Waals surface area (Å²) in [5, 5.41) is 1.15. The summed E-state index contributed by atoms with van der Waals surface area (Å²) in [5.41, 5.74) is 0. The summed E-state index contributed by atoms with van der Waals surface area (Å²) in [5.74, 6) is 1.01. The van der Waals surface area contributed by atoms with Gasteiger partial charge in [-0.25, -0.2) is 0 Å². The first-order valence-corrected chi connectivity index (χ1v) is 7.89. The van der Waals surface area contributed by atoms with E-state index in [1.165, 1.54) is 51.4 Å². The van der Waals surface area contributed by atoms with Gasteiger partial charge in [0.15, 0.2) is 0 Å². The topological polar surface area (TPSA) is 9.23 Å². The second-order valence-electron chi connectivity index (χ2n) is 4.86. The lowest BCUT2D eigenvalue weighted by molar-refractivity contribution is 0.306. The lowest BCUT2D eigenvalue weighted by Crippen LogP contribution is -2.03. The van der Waals surface area contributed by atoms with Gasteiger partial charge in [0, 0.05) is 5.30 Å². The van der Waals surface area contributed by atoms with E-state index >= 15 is 0 Å². The van der Waals surface area contributed by atoms with Gasteiger partial charge >= 0.3 is 0 Å². The lowest BCUT2D eigenvalue weighted by atomic mass is 10.1. The lowest BCUT2D eigenvalue weighted by Gasteiger charge is -2.08. The molecule has 0 saturated carbocycles. The summed E-state index contributed by atoms with van der Waals surface area (Å²) < 4.78 is 5.76. The van der Waals surface area contributed by atoms with Crippen molar-refractivity contribution in [3.8, 4) is 5.75 Å². The molecule has 1 aromatic carbocycles. The van der Waals surface area contributed by atoms with Crippen LogP contribution in [-0.2, 0) is 0 Å². The van der Waals surface area contributed by atoms with E-state index in [0.717, 1.165) is 17.7 Å². The van der Waals surface area contributed by atoms with Crippen LogP contribution in [0.2, 0.25) is 0 Å². The van der Waals surface area contributed by atoms with Gasteiger partial charge in [-0.1, -0.05) is 70.1 Å². The van der Waals surface area contributed by atoms with Crippen LogP contribution in [0.15, 0.2) is 24.3 Å². The van der Waals surface area contributed by atoms with Gasteiger partial charge in [-0.2, -0.15) is 0 Å². The van der Waals surface area contributed by atoms with Crippen molar-refractivity contribution in [2.45, 2.75) is 58.3 Å². The van der Waals surface area contributed by atoms with E-state index in [2.05, 4.69) is 22.2 Å². The van der Waals surface area contributed by atoms with Crippen LogP contribution in [0.5, 0.6) is 5.75 Å². The van der Waals surface area contributed by atoms with Crippen LogP contribution in [0.1, 0.15) is 58.3 Å². The predicted octanol–water partition coefficient (Wildman–Crippen LogP) is 4.71. The van der Waals surface area contributed by atoms with Crippen LogP contribution in [0.25, 0.3) is 0 Å². The molecule has 0 amide bonds. The molecule has 0 aliphatic carbocycles. The Morgan fingerprint density at radius 3 is 2.17 bits per heavy atom. The number of unbranched alkanes of at least 4 members (excludes halogenated alkanes) is 7. The Kier molecular flexibility index (Phi) is 8.94. The Morgan fingerprint density at radius 2 is 1.50 bits per heavy atom. The van der Waals surface area contributed by atoms with Crippen LogP contribution in [-0.4, -0.2) is 6.61 Å². The number of rotatable bonds is 10. The highest BCUT2D eigenvalue weighted by Crippen LogP contribution is 2.12. The fraction of sp³-hybridized carbons (Fsp3) is 0.625. The summed E-state index contributed by atoms with van der Waals surface area (Å²) in [6, 6.07) is 8.16. The number of hydrogen-bond donors (Lipinski definition) is 0. The molecule has 1 aromatic rings. The Balaban J connectivity index is 1.94. The molecule has 1 unspecified atom stereocenters. The standard InChI is InChI=1S/C16H27OP/c1-2-3-4-5-6-7-8-11-14-17-15-12-9-10-13-16(15)18/h9-10,12-13H,2-8,11,14,18H2,1H3. The van der Waals surface area contributed by atoms with Gasteiger partial charge in [0.25, 0.3) is 0 Å². The van der Waals surface area contributed by atoms with Gasteiger partial charge in [-0.05, 0) is 12.5 Å². The molecule has 0 spiro atoms. The normalized spacial score (nSPS) is 10.6. The number of para-hydroxylation sites is 1. The highest BCUT2D eigenvalue weighted by Gasteiger charge is 1.97. The number of benzene rings is 1. The molecule has 2 heteroatoms. The van der Waals surface area contributed by atoms with E-state index in [4.69, 9.17) is 4.74 Å². The van der Waals surface area contributed by atoms with Gasteiger partial charge in [0.1, 0.15) is 5.75 Å². The fourth-order valence-electron chi connectivity index (χ4n) is 2.03. The molecule has 1 rings (SSSR count). The first-order chi connectivity index (χ1) is 8.84. The zero-order valence-corrected chi connectivity index (χ0v) is 12.8. The first kappa shape index (κ1) is 15.5. The summed E-state index contributed by atoms with van der Waals surface area (Å²) in [4.78, 5) is 0. The Hall–Kier alpha value is -0.550. The molecular formula is C16H27OP. The molecule has 18 heavy (non-hydrogen) atoms. The Morgan fingerprint density at radius 1 is 0.889 bits per heavy atom. The van der Waals surface area contributed by atoms with Gasteiger partial charge in [-0.15, -0.1) is 9.24 Å². The van der Waals surface area contributed by atoms with Crippen molar-refractivity contribution in [3.63, 3.8) is 0 Å². The summed E-state index contributed by atoms with van der Waals surface area (Å²) in [6.07, 6.45) is 10.8. The van der Waals surface area contributed by atoms with Crippen molar-refractivity contribution < 1.29 is 4.74 Å². The highest BCUT2D eigenvalue weighted by atomic mass is 31.0. The summed E-state index contributed by atoms with van der Waals surface area (Å²) >= 11 is 0. The minimum Gasteiger partial charge on any atom is -0.493 e. The zero-order chi connectivity index (χ0) is 13.1. The third kappa shape index (κ3) is 7.01. The average Bonchev–Trinajstić information content (AvgIpc) is 2.39. The monoisotopic (exact) mass is 266 g/mol. The van der Waals surface area contributed by atoms with Gasteiger partial charge < -0.3 is 4.74 Å². The van der Waals surface area contributed by atoms with E-state index in [9.17, 15) is 0 Å². The van der Waals surface area contributed by atoms with E-state index < -0.39 is 0 Å². The molecule has 0 radical (unpaired) electrons. The van der Waals surface area contributed by atoms with Crippen LogP contribution >= 0.6 is 9.24 Å². The SMILES string of the molecule is CCCCCCCCCCOc1ccccc1P. The molecule has 0 saturated heterocycles. The molecule has 0 heterocycles. The maximum atomic E-state index is 5.76. The minimum atomic E-state index is 0.848. The van der Waals surface area contributed by atoms with E-state index in [1.54, 1.807) is 0 Å². The van der Waals surface area contributed by atoms with Gasteiger partial charge in [0.2, 0.25) is 0 Å². The molecule has 0 fully saturated rings. The van der Waals surface area contributed by atoms with Crippen LogP contribution in [0.4, 0.5) is 0 Å². The smallest absolute Gasteiger partial charge is 0.126 e. The summed E-state index contributed by atoms with van der Waals surface area (Å²) in [6.45, 7) is 3.11. The quantitative estimate of drug-likeness (QED) is 0.440. The molecule has 1 nitrogen and oxygen atoms in total. The maximum Gasteiger partial charge on any atom is 0.126 e. The first-order valence-electron chi connectivity index (χ1n) is 7.32. The molecule has 0 N–H and O–H groups in total. The molecule has 102 valence electrons. The molecule has 0 aromatic heterocycles. The van der Waals surface area contributed by atoms with E-state index in [-0.39, 0.29) is 0 Å². The van der Waals surface area contributed by atoms with E-state index in [0.29, 0.717) is 0 Å². The zero-order valence-electron chi connectivity index (χ0n) is 11.7. The van der Waals surface area contributed by atoms with Gasteiger partial charge in [0.05, 0.1) is 6.61 Å². The Labute approximate surface area is 115 Å². The van der Waals surface area contributed by atoms with Crippen molar-refractivity contribution in [3.05, 3.63) is 24.3 Å². The molecule has 0 bridgehead atoms. The van der Waals surface area contributed by atoms with Crippen LogP contribution < -0.4 is 10.0 Å². The third-order valence-electron chi connectivity index (χ3n) is 3.17. The molecule has 0 aliphatic rings. The second-order valence-corrected chi connectivity index (χ2v) is 5.48. The maximum absolute atomic E-state index is 5.76. The van der Waals surface area contributed by atoms with Crippen molar-refractivity contribution >= 4 is 14.5 Å². The molecule has 0 aliphatic heterocycles. The average molecular weight is 266 g/mol.